The van der Waals surface area contributed by atoms with Gasteiger partial charge in [-0.15, -0.1) is 0 Å². The zero-order valence-electron chi connectivity index (χ0n) is 10.3. The molecule has 18 heavy (non-hydrogen) atoms. The summed E-state index contributed by atoms with van der Waals surface area (Å²) in [4.78, 5) is 0. The lowest BCUT2D eigenvalue weighted by Gasteiger charge is -2.20. The molecule has 0 radical (unpaired) electrons. The third-order valence-electron chi connectivity index (χ3n) is 3.06. The Morgan fingerprint density at radius 1 is 1.00 bits per heavy atom. The molecule has 1 aliphatic rings. The minimum absolute atomic E-state index is 0.549. The second-order valence-electron chi connectivity index (χ2n) is 4.54. The van der Waals surface area contributed by atoms with E-state index in [1.54, 1.807) is 24.3 Å². The van der Waals surface area contributed by atoms with Crippen molar-refractivity contribution in [2.45, 2.75) is 25.7 Å². The molecule has 1 aliphatic heterocycles. The van der Waals surface area contributed by atoms with Crippen LogP contribution in [0.15, 0.2) is 24.3 Å². The van der Waals surface area contributed by atoms with Gasteiger partial charge in [0, 0.05) is 24.5 Å². The number of nitrogens with two attached hydrogens (primary N) is 1. The Morgan fingerprint density at radius 3 is 2.11 bits per heavy atom. The molecule has 1 aromatic carbocycles. The van der Waals surface area contributed by atoms with Crippen LogP contribution in [0.25, 0.3) is 0 Å². The summed E-state index contributed by atoms with van der Waals surface area (Å²) >= 11 is 0. The Balaban J connectivity index is 2.08. The summed E-state index contributed by atoms with van der Waals surface area (Å²) in [6.07, 6.45) is 4.08. The first-order valence-electron chi connectivity index (χ1n) is 6.21. The number of nitrogens with zero attached hydrogens (tertiary/aromatic N) is 1. The fourth-order valence-corrected chi connectivity index (χ4v) is 3.35. The molecule has 0 saturated carbocycles. The SMILES string of the molecule is Nc1ccc(NS(=O)(=O)N2CCCCCC2)cc1. The molecular weight excluding hydrogens is 250 g/mol. The standard InChI is InChI=1S/C12H19N3O2S/c13-11-5-7-12(8-6-11)14-18(16,17)15-9-3-1-2-4-10-15/h5-8,14H,1-4,9-10,13H2. The lowest BCUT2D eigenvalue weighted by atomic mass is 10.2. The molecule has 0 spiro atoms. The summed E-state index contributed by atoms with van der Waals surface area (Å²) in [5, 5.41) is 0. The molecule has 5 nitrogen and oxygen atoms in total. The van der Waals surface area contributed by atoms with Crippen molar-refractivity contribution in [2.24, 2.45) is 0 Å². The second kappa shape index (κ2) is 5.58. The van der Waals surface area contributed by atoms with Crippen LogP contribution in [0.2, 0.25) is 0 Å². The molecule has 0 aromatic heterocycles. The van der Waals surface area contributed by atoms with Crippen molar-refractivity contribution in [1.82, 2.24) is 4.31 Å². The Bertz CT molecular complexity index is 477. The van der Waals surface area contributed by atoms with Crippen molar-refractivity contribution in [3.05, 3.63) is 24.3 Å². The highest BCUT2D eigenvalue weighted by Crippen LogP contribution is 2.17. The molecular formula is C12H19N3O2S. The van der Waals surface area contributed by atoms with E-state index in [-0.39, 0.29) is 0 Å². The van der Waals surface area contributed by atoms with Crippen molar-refractivity contribution in [3.63, 3.8) is 0 Å². The van der Waals surface area contributed by atoms with Crippen LogP contribution < -0.4 is 10.5 Å². The minimum Gasteiger partial charge on any atom is -0.399 e. The van der Waals surface area contributed by atoms with Crippen LogP contribution in [0, 0.1) is 0 Å². The van der Waals surface area contributed by atoms with Gasteiger partial charge in [0.05, 0.1) is 0 Å². The van der Waals surface area contributed by atoms with Crippen LogP contribution in [0.5, 0.6) is 0 Å². The Labute approximate surface area is 108 Å². The molecule has 3 N–H and O–H groups in total. The van der Waals surface area contributed by atoms with Crippen LogP contribution in [0.4, 0.5) is 11.4 Å². The first-order chi connectivity index (χ1) is 8.58. The first kappa shape index (κ1) is 13.2. The van der Waals surface area contributed by atoms with Gasteiger partial charge in [0.1, 0.15) is 0 Å². The summed E-state index contributed by atoms with van der Waals surface area (Å²) in [6, 6.07) is 6.70. The predicted octanol–water partition coefficient (Wildman–Crippen LogP) is 1.80. The molecule has 1 heterocycles. The zero-order chi connectivity index (χ0) is 13.0. The summed E-state index contributed by atoms with van der Waals surface area (Å²) in [6.45, 7) is 1.20. The van der Waals surface area contributed by atoms with Crippen molar-refractivity contribution in [2.75, 3.05) is 23.5 Å². The summed E-state index contributed by atoms with van der Waals surface area (Å²) in [5.74, 6) is 0. The molecule has 1 saturated heterocycles. The van der Waals surface area contributed by atoms with Gasteiger partial charge >= 0.3 is 10.2 Å². The molecule has 2 rings (SSSR count). The van der Waals surface area contributed by atoms with Crippen LogP contribution in [-0.2, 0) is 10.2 Å². The van der Waals surface area contributed by atoms with E-state index in [9.17, 15) is 8.42 Å². The van der Waals surface area contributed by atoms with Gasteiger partial charge < -0.3 is 5.73 Å². The van der Waals surface area contributed by atoms with E-state index < -0.39 is 10.2 Å². The van der Waals surface area contributed by atoms with Crippen LogP contribution >= 0.6 is 0 Å². The molecule has 0 atom stereocenters. The zero-order valence-corrected chi connectivity index (χ0v) is 11.1. The fourth-order valence-electron chi connectivity index (χ4n) is 2.05. The van der Waals surface area contributed by atoms with Crippen molar-refractivity contribution < 1.29 is 8.42 Å². The van der Waals surface area contributed by atoms with Gasteiger partial charge in [-0.3, -0.25) is 4.72 Å². The fraction of sp³-hybridized carbons (Fsp3) is 0.500. The van der Waals surface area contributed by atoms with Gasteiger partial charge in [0.15, 0.2) is 0 Å². The summed E-state index contributed by atoms with van der Waals surface area (Å²) < 4.78 is 28.5. The number of anilines is 2. The average molecular weight is 269 g/mol. The molecule has 0 bridgehead atoms. The van der Waals surface area contributed by atoms with Gasteiger partial charge in [-0.2, -0.15) is 12.7 Å². The van der Waals surface area contributed by atoms with E-state index in [1.807, 2.05) is 0 Å². The van der Waals surface area contributed by atoms with E-state index in [0.717, 1.165) is 25.7 Å². The lowest BCUT2D eigenvalue weighted by molar-refractivity contribution is 0.427. The maximum atomic E-state index is 12.2. The maximum Gasteiger partial charge on any atom is 0.301 e. The normalized spacial score (nSPS) is 18.2. The Morgan fingerprint density at radius 2 is 1.56 bits per heavy atom. The number of rotatable bonds is 3. The quantitative estimate of drug-likeness (QED) is 0.822. The number of hydrogen-bond acceptors (Lipinski definition) is 3. The number of benzene rings is 1. The largest absolute Gasteiger partial charge is 0.399 e. The monoisotopic (exact) mass is 269 g/mol. The highest BCUT2D eigenvalue weighted by molar-refractivity contribution is 7.90. The Kier molecular flexibility index (Phi) is 4.08. The van der Waals surface area contributed by atoms with Crippen LogP contribution in [0.3, 0.4) is 0 Å². The second-order valence-corrected chi connectivity index (χ2v) is 6.21. The van der Waals surface area contributed by atoms with Crippen LogP contribution in [0.1, 0.15) is 25.7 Å². The van der Waals surface area contributed by atoms with Crippen LogP contribution in [-0.4, -0.2) is 25.8 Å². The number of nitrogens with one attached hydrogen (secondary N) is 1. The number of hydrogen-bond donors (Lipinski definition) is 2. The van der Waals surface area contributed by atoms with Crippen molar-refractivity contribution >= 4 is 21.6 Å². The van der Waals surface area contributed by atoms with Crippen molar-refractivity contribution in [1.29, 1.82) is 0 Å². The molecule has 0 unspecified atom stereocenters. The van der Waals surface area contributed by atoms with Gasteiger partial charge in [-0.1, -0.05) is 12.8 Å². The number of nitrogen functional groups attached to an aromatic ring is 1. The van der Waals surface area contributed by atoms with E-state index in [1.165, 1.54) is 4.31 Å². The average Bonchev–Trinajstić information content (AvgIpc) is 2.61. The predicted molar refractivity (Wildman–Crippen MR) is 73.4 cm³/mol. The smallest absolute Gasteiger partial charge is 0.301 e. The molecule has 1 aromatic rings. The Hall–Kier alpha value is -1.27. The molecule has 100 valence electrons. The van der Waals surface area contributed by atoms with Gasteiger partial charge in [0.25, 0.3) is 0 Å². The van der Waals surface area contributed by atoms with Crippen molar-refractivity contribution in [3.8, 4) is 0 Å². The third-order valence-corrected chi connectivity index (χ3v) is 4.60. The first-order valence-corrected chi connectivity index (χ1v) is 7.65. The molecule has 0 aliphatic carbocycles. The van der Waals surface area contributed by atoms with E-state index in [4.69, 9.17) is 5.73 Å². The lowest BCUT2D eigenvalue weighted by Crippen LogP contribution is -2.36. The van der Waals surface area contributed by atoms with E-state index in [0.29, 0.717) is 24.5 Å². The topological polar surface area (TPSA) is 75.4 Å². The third kappa shape index (κ3) is 3.36. The summed E-state index contributed by atoms with van der Waals surface area (Å²) in [5.41, 5.74) is 6.73. The molecule has 1 fully saturated rings. The van der Waals surface area contributed by atoms with Gasteiger partial charge in [0.2, 0.25) is 0 Å². The van der Waals surface area contributed by atoms with E-state index in [2.05, 4.69) is 4.72 Å². The highest BCUT2D eigenvalue weighted by Gasteiger charge is 2.22. The molecule has 6 heteroatoms. The highest BCUT2D eigenvalue weighted by atomic mass is 32.2. The summed E-state index contributed by atoms with van der Waals surface area (Å²) in [7, 11) is -3.43. The van der Waals surface area contributed by atoms with Gasteiger partial charge in [-0.05, 0) is 37.1 Å². The minimum atomic E-state index is -3.43. The van der Waals surface area contributed by atoms with Gasteiger partial charge in [-0.25, -0.2) is 0 Å². The molecule has 0 amide bonds. The maximum absolute atomic E-state index is 12.2. The van der Waals surface area contributed by atoms with E-state index >= 15 is 0 Å².